The summed E-state index contributed by atoms with van der Waals surface area (Å²) in [6.07, 6.45) is 11.3. The van der Waals surface area contributed by atoms with Gasteiger partial charge in [-0.25, -0.2) is 0 Å². The second kappa shape index (κ2) is 5.80. The fraction of sp³-hybridized carbons (Fsp3) is 0.667. The van der Waals surface area contributed by atoms with E-state index in [4.69, 9.17) is 0 Å². The highest BCUT2D eigenvalue weighted by atomic mass is 16.2. The molecule has 2 atom stereocenters. The molecule has 1 aromatic rings. The van der Waals surface area contributed by atoms with Gasteiger partial charge >= 0.3 is 0 Å². The first kappa shape index (κ1) is 16.3. The quantitative estimate of drug-likeness (QED) is 0.909. The molecule has 2 amide bonds. The van der Waals surface area contributed by atoms with Crippen molar-refractivity contribution in [2.75, 3.05) is 7.05 Å². The van der Waals surface area contributed by atoms with Crippen LogP contribution >= 0.6 is 0 Å². The maximum atomic E-state index is 13.3. The van der Waals surface area contributed by atoms with Crippen molar-refractivity contribution in [3.8, 4) is 0 Å². The summed E-state index contributed by atoms with van der Waals surface area (Å²) in [5, 5.41) is 3.47. The van der Waals surface area contributed by atoms with E-state index in [-0.39, 0.29) is 29.3 Å². The van der Waals surface area contributed by atoms with Crippen molar-refractivity contribution in [2.24, 2.45) is 23.7 Å². The molecule has 0 aromatic carbocycles. The van der Waals surface area contributed by atoms with Crippen LogP contribution in [-0.2, 0) is 9.59 Å². The van der Waals surface area contributed by atoms with Crippen molar-refractivity contribution in [1.29, 1.82) is 0 Å². The number of aromatic nitrogens is 1. The smallest absolute Gasteiger partial charge is 0.226 e. The lowest BCUT2D eigenvalue weighted by molar-refractivity contribution is -0.132. The average Bonchev–Trinajstić information content (AvgIpc) is 2.89. The standard InChI is InChI=1S/C21H27N3O2/c1-24-18(25)8-17(19(24)16-3-2-4-22-12-16)20(26)23-21-9-13-5-14(10-21)7-15(6-13)11-21/h2-4,12-15,17,19H,5-11H2,1H3,(H,23,26)/t13?,14?,15?,17-,19+,21?/m1/s1. The van der Waals surface area contributed by atoms with Crippen LogP contribution in [0.1, 0.15) is 56.6 Å². The second-order valence-corrected chi connectivity index (χ2v) is 9.23. The molecule has 1 N–H and O–H groups in total. The third kappa shape index (κ3) is 2.55. The van der Waals surface area contributed by atoms with Crippen LogP contribution in [0.4, 0.5) is 0 Å². The van der Waals surface area contributed by atoms with Gasteiger partial charge < -0.3 is 10.2 Å². The van der Waals surface area contributed by atoms with Gasteiger partial charge in [0.1, 0.15) is 0 Å². The van der Waals surface area contributed by atoms with Crippen LogP contribution < -0.4 is 5.32 Å². The van der Waals surface area contributed by atoms with Gasteiger partial charge in [0, 0.05) is 31.4 Å². The minimum Gasteiger partial charge on any atom is -0.350 e. The van der Waals surface area contributed by atoms with Crippen molar-refractivity contribution in [1.82, 2.24) is 15.2 Å². The molecule has 5 nitrogen and oxygen atoms in total. The molecule has 1 aromatic heterocycles. The van der Waals surface area contributed by atoms with Crippen molar-refractivity contribution in [3.63, 3.8) is 0 Å². The summed E-state index contributed by atoms with van der Waals surface area (Å²) >= 11 is 0. The molecule has 4 aliphatic carbocycles. The Bertz CT molecular complexity index is 697. The van der Waals surface area contributed by atoms with Crippen LogP contribution in [0, 0.1) is 23.7 Å². The molecule has 138 valence electrons. The first-order valence-electron chi connectivity index (χ1n) is 10.0. The van der Waals surface area contributed by atoms with E-state index in [1.165, 1.54) is 19.3 Å². The summed E-state index contributed by atoms with van der Waals surface area (Å²) in [5.41, 5.74) is 0.946. The van der Waals surface area contributed by atoms with E-state index in [9.17, 15) is 9.59 Å². The molecule has 1 saturated heterocycles. The van der Waals surface area contributed by atoms with Crippen LogP contribution in [0.25, 0.3) is 0 Å². The number of likely N-dealkylation sites (tertiary alicyclic amines) is 1. The summed E-state index contributed by atoms with van der Waals surface area (Å²) in [5.74, 6) is 2.18. The Labute approximate surface area is 154 Å². The number of nitrogens with one attached hydrogen (secondary N) is 1. The number of pyridine rings is 1. The van der Waals surface area contributed by atoms with Crippen LogP contribution in [-0.4, -0.2) is 34.3 Å². The first-order valence-corrected chi connectivity index (χ1v) is 10.0. The predicted molar refractivity (Wildman–Crippen MR) is 96.9 cm³/mol. The summed E-state index contributed by atoms with van der Waals surface area (Å²) < 4.78 is 0. The molecular weight excluding hydrogens is 326 g/mol. The van der Waals surface area contributed by atoms with E-state index in [1.807, 2.05) is 12.1 Å². The highest BCUT2D eigenvalue weighted by Gasteiger charge is 2.53. The van der Waals surface area contributed by atoms with Crippen LogP contribution in [0.3, 0.4) is 0 Å². The SMILES string of the molecule is CN1C(=O)C[C@@H](C(=O)NC23CC4CC(CC(C4)C2)C3)[C@@H]1c1cccnc1. The molecule has 0 radical (unpaired) electrons. The second-order valence-electron chi connectivity index (χ2n) is 9.23. The van der Waals surface area contributed by atoms with E-state index in [0.29, 0.717) is 6.42 Å². The van der Waals surface area contributed by atoms with Crippen molar-refractivity contribution in [2.45, 2.75) is 56.5 Å². The highest BCUT2D eigenvalue weighted by molar-refractivity contribution is 5.90. The zero-order chi connectivity index (χ0) is 17.9. The number of hydrogen-bond acceptors (Lipinski definition) is 3. The lowest BCUT2D eigenvalue weighted by Gasteiger charge is -2.57. The van der Waals surface area contributed by atoms with Crippen molar-refractivity contribution < 1.29 is 9.59 Å². The first-order chi connectivity index (χ1) is 12.5. The lowest BCUT2D eigenvalue weighted by atomic mass is 9.53. The summed E-state index contributed by atoms with van der Waals surface area (Å²) in [7, 11) is 1.80. The molecule has 0 unspecified atom stereocenters. The maximum absolute atomic E-state index is 13.3. The topological polar surface area (TPSA) is 62.3 Å². The number of nitrogens with zero attached hydrogens (tertiary/aromatic N) is 2. The Morgan fingerprint density at radius 2 is 1.85 bits per heavy atom. The van der Waals surface area contributed by atoms with Crippen molar-refractivity contribution in [3.05, 3.63) is 30.1 Å². The van der Waals surface area contributed by atoms with E-state index in [0.717, 1.165) is 42.6 Å². The van der Waals surface area contributed by atoms with Gasteiger partial charge in [0.2, 0.25) is 11.8 Å². The monoisotopic (exact) mass is 353 g/mol. The number of carbonyl (C=O) groups excluding carboxylic acids is 2. The minimum atomic E-state index is -0.315. The Morgan fingerprint density at radius 3 is 2.42 bits per heavy atom. The molecule has 5 aliphatic rings. The van der Waals surface area contributed by atoms with E-state index < -0.39 is 0 Å². The largest absolute Gasteiger partial charge is 0.350 e. The molecule has 6 rings (SSSR count). The average molecular weight is 353 g/mol. The van der Waals surface area contributed by atoms with Gasteiger partial charge in [-0.05, 0) is 67.9 Å². The Morgan fingerprint density at radius 1 is 1.19 bits per heavy atom. The minimum absolute atomic E-state index is 0.00443. The van der Waals surface area contributed by atoms with Gasteiger partial charge in [0.05, 0.1) is 12.0 Å². The molecule has 1 aliphatic heterocycles. The van der Waals surface area contributed by atoms with Crippen LogP contribution in [0.2, 0.25) is 0 Å². The van der Waals surface area contributed by atoms with Crippen LogP contribution in [0.5, 0.6) is 0 Å². The summed E-state index contributed by atoms with van der Waals surface area (Å²) in [4.78, 5) is 31.6. The van der Waals surface area contributed by atoms with Gasteiger partial charge in [-0.2, -0.15) is 0 Å². The fourth-order valence-electron chi connectivity index (χ4n) is 6.73. The Hall–Kier alpha value is -1.91. The Balaban J connectivity index is 1.38. The van der Waals surface area contributed by atoms with Crippen LogP contribution in [0.15, 0.2) is 24.5 Å². The molecular formula is C21H27N3O2. The van der Waals surface area contributed by atoms with Gasteiger partial charge in [-0.3, -0.25) is 14.6 Å². The normalized spacial score (nSPS) is 40.9. The zero-order valence-corrected chi connectivity index (χ0v) is 15.4. The van der Waals surface area contributed by atoms with Gasteiger partial charge in [-0.1, -0.05) is 6.07 Å². The molecule has 5 fully saturated rings. The number of carbonyl (C=O) groups is 2. The molecule has 2 heterocycles. The predicted octanol–water partition coefficient (Wildman–Crippen LogP) is 2.69. The van der Waals surface area contributed by atoms with Gasteiger partial charge in [0.15, 0.2) is 0 Å². The number of rotatable bonds is 3. The number of amides is 2. The molecule has 5 heteroatoms. The zero-order valence-electron chi connectivity index (χ0n) is 15.4. The van der Waals surface area contributed by atoms with Gasteiger partial charge in [-0.15, -0.1) is 0 Å². The van der Waals surface area contributed by atoms with E-state index in [2.05, 4.69) is 10.3 Å². The van der Waals surface area contributed by atoms with E-state index in [1.54, 1.807) is 24.3 Å². The number of hydrogen-bond donors (Lipinski definition) is 1. The molecule has 26 heavy (non-hydrogen) atoms. The lowest BCUT2D eigenvalue weighted by Crippen LogP contribution is -2.60. The third-order valence-electron chi connectivity index (χ3n) is 7.38. The van der Waals surface area contributed by atoms with Gasteiger partial charge in [0.25, 0.3) is 0 Å². The molecule has 4 saturated carbocycles. The molecule has 0 spiro atoms. The Kier molecular flexibility index (Phi) is 3.63. The summed E-state index contributed by atoms with van der Waals surface area (Å²) in [6, 6.07) is 3.64. The fourth-order valence-corrected chi connectivity index (χ4v) is 6.73. The molecule has 4 bridgehead atoms. The highest BCUT2D eigenvalue weighted by Crippen LogP contribution is 2.55. The van der Waals surface area contributed by atoms with Crippen molar-refractivity contribution >= 4 is 11.8 Å². The van der Waals surface area contributed by atoms with E-state index >= 15 is 0 Å². The maximum Gasteiger partial charge on any atom is 0.226 e. The third-order valence-corrected chi connectivity index (χ3v) is 7.38. The summed E-state index contributed by atoms with van der Waals surface area (Å²) in [6.45, 7) is 0.